The Morgan fingerprint density at radius 2 is 2.15 bits per heavy atom. The van der Waals surface area contributed by atoms with Crippen LogP contribution in [0.3, 0.4) is 0 Å². The lowest BCUT2D eigenvalue weighted by Crippen LogP contribution is -2.68. The van der Waals surface area contributed by atoms with Crippen LogP contribution in [0.5, 0.6) is 0 Å². The Bertz CT molecular complexity index is 722. The van der Waals surface area contributed by atoms with Crippen molar-refractivity contribution in [2.75, 3.05) is 25.1 Å². The average molecular weight is 371 g/mol. The third kappa shape index (κ3) is 3.43. The number of benzene rings is 1. The zero-order valence-corrected chi connectivity index (χ0v) is 15.9. The molecular formula is C21H29N3O3. The molecule has 6 nitrogen and oxygen atoms in total. The summed E-state index contributed by atoms with van der Waals surface area (Å²) in [6.45, 7) is 4.04. The van der Waals surface area contributed by atoms with Gasteiger partial charge in [-0.05, 0) is 57.1 Å². The highest BCUT2D eigenvalue weighted by atomic mass is 16.5. The Morgan fingerprint density at radius 3 is 2.93 bits per heavy atom. The number of carbonyl (C=O) groups excluding carboxylic acids is 2. The molecule has 4 atom stereocenters. The Labute approximate surface area is 160 Å². The van der Waals surface area contributed by atoms with Gasteiger partial charge in [-0.25, -0.2) is 0 Å². The molecule has 1 aromatic carbocycles. The molecule has 27 heavy (non-hydrogen) atoms. The standard InChI is InChI=1S/C21H29N3O3/c1-2-27-11-5-10-22-19(25)17-12-15-9-8-14(17)13-21(15)23-18-7-4-3-6-16(18)20(26)24-21/h3-4,6-7,14-15,17,23H,2,5,8-13H2,1H3,(H,22,25)(H,24,26)/t14?,15?,17?,21-/m1/s1. The fourth-order valence-electron chi connectivity index (χ4n) is 5.13. The largest absolute Gasteiger partial charge is 0.382 e. The minimum absolute atomic E-state index is 0.00572. The van der Waals surface area contributed by atoms with E-state index in [4.69, 9.17) is 4.74 Å². The molecule has 146 valence electrons. The molecule has 0 radical (unpaired) electrons. The van der Waals surface area contributed by atoms with Crippen molar-refractivity contribution in [2.24, 2.45) is 17.8 Å². The van der Waals surface area contributed by atoms with Crippen LogP contribution < -0.4 is 16.0 Å². The molecule has 1 aliphatic heterocycles. The summed E-state index contributed by atoms with van der Waals surface area (Å²) in [7, 11) is 0. The Kier molecular flexibility index (Phi) is 5.08. The van der Waals surface area contributed by atoms with Crippen molar-refractivity contribution in [2.45, 2.75) is 44.7 Å². The Balaban J connectivity index is 1.41. The zero-order chi connectivity index (χ0) is 18.9. The molecular weight excluding hydrogens is 342 g/mol. The fourth-order valence-corrected chi connectivity index (χ4v) is 5.13. The Hall–Kier alpha value is -2.08. The molecule has 3 saturated carbocycles. The number of hydrogen-bond acceptors (Lipinski definition) is 4. The highest BCUT2D eigenvalue weighted by Gasteiger charge is 2.55. The SMILES string of the molecule is CCOCCCNC(=O)C1CC2CCC1C[C@@]21NC(=O)c2ccccc2N1. The Morgan fingerprint density at radius 1 is 1.30 bits per heavy atom. The van der Waals surface area contributed by atoms with Crippen LogP contribution in [0, 0.1) is 17.8 Å². The van der Waals surface area contributed by atoms with E-state index in [0.717, 1.165) is 37.8 Å². The van der Waals surface area contributed by atoms with Gasteiger partial charge in [-0.15, -0.1) is 0 Å². The van der Waals surface area contributed by atoms with E-state index in [1.54, 1.807) is 0 Å². The van der Waals surface area contributed by atoms with Gasteiger partial charge in [-0.3, -0.25) is 9.59 Å². The molecule has 3 N–H and O–H groups in total. The van der Waals surface area contributed by atoms with Crippen molar-refractivity contribution in [1.82, 2.24) is 10.6 Å². The van der Waals surface area contributed by atoms with E-state index >= 15 is 0 Å². The van der Waals surface area contributed by atoms with E-state index in [9.17, 15) is 9.59 Å². The molecule has 5 rings (SSSR count). The predicted octanol–water partition coefficient (Wildman–Crippen LogP) is 2.52. The second-order valence-corrected chi connectivity index (χ2v) is 8.02. The first-order chi connectivity index (χ1) is 13.1. The zero-order valence-electron chi connectivity index (χ0n) is 15.9. The smallest absolute Gasteiger partial charge is 0.255 e. The van der Waals surface area contributed by atoms with E-state index in [2.05, 4.69) is 16.0 Å². The van der Waals surface area contributed by atoms with Gasteiger partial charge in [0.1, 0.15) is 5.66 Å². The van der Waals surface area contributed by atoms with Gasteiger partial charge in [0.2, 0.25) is 5.91 Å². The average Bonchev–Trinajstić information content (AvgIpc) is 2.68. The van der Waals surface area contributed by atoms with Gasteiger partial charge in [-0.2, -0.15) is 0 Å². The summed E-state index contributed by atoms with van der Waals surface area (Å²) in [5.74, 6) is 0.795. The first-order valence-corrected chi connectivity index (χ1v) is 10.2. The van der Waals surface area contributed by atoms with Gasteiger partial charge in [0.15, 0.2) is 0 Å². The summed E-state index contributed by atoms with van der Waals surface area (Å²) in [4.78, 5) is 25.3. The summed E-state index contributed by atoms with van der Waals surface area (Å²) in [6, 6.07) is 7.67. The summed E-state index contributed by atoms with van der Waals surface area (Å²) in [5, 5.41) is 9.95. The molecule has 6 heteroatoms. The van der Waals surface area contributed by atoms with Crippen molar-refractivity contribution in [3.63, 3.8) is 0 Å². The molecule has 4 aliphatic rings. The first kappa shape index (κ1) is 18.3. The van der Waals surface area contributed by atoms with Crippen molar-refractivity contribution in [3.05, 3.63) is 29.8 Å². The summed E-state index contributed by atoms with van der Waals surface area (Å²) in [6.07, 6.45) is 4.60. The maximum Gasteiger partial charge on any atom is 0.255 e. The van der Waals surface area contributed by atoms with Crippen LogP contribution in [-0.2, 0) is 9.53 Å². The minimum atomic E-state index is -0.403. The molecule has 2 amide bonds. The van der Waals surface area contributed by atoms with Gasteiger partial charge >= 0.3 is 0 Å². The lowest BCUT2D eigenvalue weighted by molar-refractivity contribution is -0.132. The van der Waals surface area contributed by atoms with E-state index in [0.29, 0.717) is 31.2 Å². The van der Waals surface area contributed by atoms with Crippen LogP contribution >= 0.6 is 0 Å². The number of para-hydroxylation sites is 1. The number of carbonyl (C=O) groups is 2. The van der Waals surface area contributed by atoms with Crippen molar-refractivity contribution in [1.29, 1.82) is 0 Å². The number of anilines is 1. The molecule has 0 aromatic heterocycles. The normalized spacial score (nSPS) is 31.1. The molecule has 0 saturated heterocycles. The first-order valence-electron chi connectivity index (χ1n) is 10.2. The van der Waals surface area contributed by atoms with Crippen LogP contribution in [0.2, 0.25) is 0 Å². The monoisotopic (exact) mass is 371 g/mol. The van der Waals surface area contributed by atoms with Crippen LogP contribution in [0.1, 0.15) is 49.4 Å². The number of nitrogens with one attached hydrogen (secondary N) is 3. The second kappa shape index (κ2) is 7.50. The summed E-state index contributed by atoms with van der Waals surface area (Å²) in [5.41, 5.74) is 1.21. The molecule has 1 spiro atoms. The van der Waals surface area contributed by atoms with E-state index in [1.165, 1.54) is 0 Å². The summed E-state index contributed by atoms with van der Waals surface area (Å²) < 4.78 is 5.32. The lowest BCUT2D eigenvalue weighted by atomic mass is 9.58. The van der Waals surface area contributed by atoms with Crippen LogP contribution in [0.15, 0.2) is 24.3 Å². The van der Waals surface area contributed by atoms with E-state index < -0.39 is 5.66 Å². The molecule has 3 aliphatic carbocycles. The van der Waals surface area contributed by atoms with Crippen LogP contribution in [-0.4, -0.2) is 37.2 Å². The third-order valence-corrected chi connectivity index (χ3v) is 6.45. The van der Waals surface area contributed by atoms with Gasteiger partial charge in [0.25, 0.3) is 5.91 Å². The quantitative estimate of drug-likeness (QED) is 0.672. The van der Waals surface area contributed by atoms with Gasteiger partial charge in [-0.1, -0.05) is 12.1 Å². The predicted molar refractivity (Wildman–Crippen MR) is 103 cm³/mol. The maximum atomic E-state index is 12.7. The molecule has 1 heterocycles. The highest BCUT2D eigenvalue weighted by molar-refractivity contribution is 6.02. The topological polar surface area (TPSA) is 79.5 Å². The highest BCUT2D eigenvalue weighted by Crippen LogP contribution is 2.51. The number of amides is 2. The van der Waals surface area contributed by atoms with Gasteiger partial charge in [0, 0.05) is 37.3 Å². The number of rotatable bonds is 6. The lowest BCUT2D eigenvalue weighted by Gasteiger charge is -2.56. The van der Waals surface area contributed by atoms with Gasteiger partial charge in [0.05, 0.1) is 5.56 Å². The molecule has 3 unspecified atom stereocenters. The van der Waals surface area contributed by atoms with Crippen LogP contribution in [0.4, 0.5) is 5.69 Å². The molecule has 3 fully saturated rings. The van der Waals surface area contributed by atoms with E-state index in [1.807, 2.05) is 31.2 Å². The minimum Gasteiger partial charge on any atom is -0.382 e. The fraction of sp³-hybridized carbons (Fsp3) is 0.619. The molecule has 2 bridgehead atoms. The third-order valence-electron chi connectivity index (χ3n) is 6.45. The van der Waals surface area contributed by atoms with E-state index in [-0.39, 0.29) is 23.7 Å². The van der Waals surface area contributed by atoms with Crippen molar-refractivity contribution >= 4 is 17.5 Å². The van der Waals surface area contributed by atoms with Crippen molar-refractivity contribution in [3.8, 4) is 0 Å². The molecule has 1 aromatic rings. The van der Waals surface area contributed by atoms with Crippen molar-refractivity contribution < 1.29 is 14.3 Å². The van der Waals surface area contributed by atoms with Gasteiger partial charge < -0.3 is 20.7 Å². The number of fused-ring (bicyclic) bond motifs is 3. The maximum absolute atomic E-state index is 12.7. The number of hydrogen-bond donors (Lipinski definition) is 3. The second-order valence-electron chi connectivity index (χ2n) is 8.02. The van der Waals surface area contributed by atoms with Crippen LogP contribution in [0.25, 0.3) is 0 Å². The number of ether oxygens (including phenoxy) is 1. The summed E-state index contributed by atoms with van der Waals surface area (Å²) >= 11 is 0.